The summed E-state index contributed by atoms with van der Waals surface area (Å²) in [5.41, 5.74) is 15.7. The Morgan fingerprint density at radius 3 is 2.28 bits per heavy atom. The summed E-state index contributed by atoms with van der Waals surface area (Å²) < 4.78 is 0. The molecule has 39 heavy (non-hydrogen) atoms. The highest BCUT2D eigenvalue weighted by Gasteiger charge is 2.21. The van der Waals surface area contributed by atoms with E-state index >= 15 is 0 Å². The molecule has 4 rings (SSSR count). The molecule has 0 fully saturated rings. The van der Waals surface area contributed by atoms with Crippen molar-refractivity contribution in [1.29, 1.82) is 0 Å². The van der Waals surface area contributed by atoms with Crippen molar-refractivity contribution in [2.45, 2.75) is 74.1 Å². The molecule has 0 radical (unpaired) electrons. The largest absolute Gasteiger partial charge is 0.381 e. The number of terminal acetylenes is 1. The number of unbranched alkanes of at least 4 members (excludes halogenated alkanes) is 1. The Labute approximate surface area is 236 Å². The van der Waals surface area contributed by atoms with Crippen LogP contribution in [0.15, 0.2) is 60.7 Å². The van der Waals surface area contributed by atoms with Gasteiger partial charge in [-0.2, -0.15) is 0 Å². The third kappa shape index (κ3) is 5.39. The first kappa shape index (κ1) is 28.3. The van der Waals surface area contributed by atoms with Crippen LogP contribution in [0.25, 0.3) is 27.5 Å². The van der Waals surface area contributed by atoms with Gasteiger partial charge < -0.3 is 5.32 Å². The van der Waals surface area contributed by atoms with Crippen LogP contribution in [0.3, 0.4) is 0 Å². The van der Waals surface area contributed by atoms with Crippen LogP contribution >= 0.6 is 0 Å². The van der Waals surface area contributed by atoms with Crippen LogP contribution in [0.5, 0.6) is 0 Å². The SMILES string of the molecule is C#Cc1ccc(-c2c(C)c(C)c(NC/C(=C\C)c3cccc4ccccc34)c(C)c2CC)c(C)c1CCCC. The molecule has 4 aromatic carbocycles. The zero-order valence-corrected chi connectivity index (χ0v) is 24.9. The maximum Gasteiger partial charge on any atom is 0.0408 e. The Morgan fingerprint density at radius 1 is 0.846 bits per heavy atom. The molecular formula is C38H43N. The summed E-state index contributed by atoms with van der Waals surface area (Å²) in [5, 5.41) is 6.44. The van der Waals surface area contributed by atoms with Crippen molar-refractivity contribution in [3.8, 4) is 23.5 Å². The summed E-state index contributed by atoms with van der Waals surface area (Å²) >= 11 is 0. The van der Waals surface area contributed by atoms with Gasteiger partial charge in [-0.25, -0.2) is 0 Å². The van der Waals surface area contributed by atoms with Crippen LogP contribution < -0.4 is 5.32 Å². The molecule has 0 bridgehead atoms. The molecule has 0 spiro atoms. The predicted octanol–water partition coefficient (Wildman–Crippen LogP) is 10.1. The highest BCUT2D eigenvalue weighted by Crippen LogP contribution is 2.40. The van der Waals surface area contributed by atoms with Gasteiger partial charge in [-0.1, -0.05) is 80.8 Å². The first-order chi connectivity index (χ1) is 18.9. The number of rotatable bonds is 9. The van der Waals surface area contributed by atoms with Crippen molar-refractivity contribution in [3.63, 3.8) is 0 Å². The molecule has 0 aliphatic carbocycles. The molecule has 0 saturated heterocycles. The van der Waals surface area contributed by atoms with Crippen LogP contribution in [-0.4, -0.2) is 6.54 Å². The zero-order chi connectivity index (χ0) is 28.1. The number of fused-ring (bicyclic) bond motifs is 1. The second kappa shape index (κ2) is 12.4. The Bertz CT molecular complexity index is 1570. The minimum absolute atomic E-state index is 0.783. The van der Waals surface area contributed by atoms with Gasteiger partial charge in [0.15, 0.2) is 0 Å². The van der Waals surface area contributed by atoms with Crippen molar-refractivity contribution in [2.75, 3.05) is 11.9 Å². The van der Waals surface area contributed by atoms with E-state index < -0.39 is 0 Å². The lowest BCUT2D eigenvalue weighted by atomic mass is 9.82. The second-order valence-electron chi connectivity index (χ2n) is 10.7. The quantitative estimate of drug-likeness (QED) is 0.220. The molecular weight excluding hydrogens is 470 g/mol. The molecule has 0 heterocycles. The van der Waals surface area contributed by atoms with E-state index in [1.807, 2.05) is 0 Å². The van der Waals surface area contributed by atoms with Crippen LogP contribution in [-0.2, 0) is 12.8 Å². The number of nitrogens with one attached hydrogen (secondary N) is 1. The fourth-order valence-corrected chi connectivity index (χ4v) is 6.17. The first-order valence-electron chi connectivity index (χ1n) is 14.5. The fourth-order valence-electron chi connectivity index (χ4n) is 6.17. The van der Waals surface area contributed by atoms with Gasteiger partial charge in [-0.3, -0.25) is 0 Å². The average molecular weight is 514 g/mol. The van der Waals surface area contributed by atoms with Gasteiger partial charge in [0.25, 0.3) is 0 Å². The lowest BCUT2D eigenvalue weighted by molar-refractivity contribution is 0.790. The number of hydrogen-bond donors (Lipinski definition) is 1. The molecule has 0 aromatic heterocycles. The summed E-state index contributed by atoms with van der Waals surface area (Å²) in [6.07, 6.45) is 12.5. The summed E-state index contributed by atoms with van der Waals surface area (Å²) in [4.78, 5) is 0. The van der Waals surface area contributed by atoms with Crippen molar-refractivity contribution >= 4 is 22.0 Å². The van der Waals surface area contributed by atoms with E-state index in [-0.39, 0.29) is 0 Å². The minimum Gasteiger partial charge on any atom is -0.381 e. The Kier molecular flexibility index (Phi) is 8.98. The number of hydrogen-bond acceptors (Lipinski definition) is 1. The number of allylic oxidation sites excluding steroid dienone is 1. The molecule has 0 aliphatic rings. The van der Waals surface area contributed by atoms with E-state index in [2.05, 4.69) is 120 Å². The Hall–Kier alpha value is -3.76. The summed E-state index contributed by atoms with van der Waals surface area (Å²) in [7, 11) is 0. The van der Waals surface area contributed by atoms with Gasteiger partial charge in [-0.05, 0) is 126 Å². The van der Waals surface area contributed by atoms with Gasteiger partial charge in [0.2, 0.25) is 0 Å². The normalized spacial score (nSPS) is 11.6. The minimum atomic E-state index is 0.783. The predicted molar refractivity (Wildman–Crippen MR) is 173 cm³/mol. The van der Waals surface area contributed by atoms with Crippen molar-refractivity contribution in [2.24, 2.45) is 0 Å². The van der Waals surface area contributed by atoms with E-state index in [1.165, 1.54) is 78.5 Å². The fraction of sp³-hybridized carbons (Fsp3) is 0.316. The molecule has 0 unspecified atom stereocenters. The van der Waals surface area contributed by atoms with Crippen molar-refractivity contribution in [3.05, 3.63) is 105 Å². The summed E-state index contributed by atoms with van der Waals surface area (Å²) in [6, 6.07) is 19.7. The molecule has 0 amide bonds. The second-order valence-corrected chi connectivity index (χ2v) is 10.7. The summed E-state index contributed by atoms with van der Waals surface area (Å²) in [6.45, 7) is 16.5. The lowest BCUT2D eigenvalue weighted by Crippen LogP contribution is -2.11. The van der Waals surface area contributed by atoms with E-state index in [9.17, 15) is 0 Å². The number of benzene rings is 4. The molecule has 1 nitrogen and oxygen atoms in total. The lowest BCUT2D eigenvalue weighted by Gasteiger charge is -2.25. The smallest absolute Gasteiger partial charge is 0.0408 e. The molecule has 1 N–H and O–H groups in total. The van der Waals surface area contributed by atoms with Crippen LogP contribution in [0.2, 0.25) is 0 Å². The highest BCUT2D eigenvalue weighted by atomic mass is 14.9. The molecule has 0 atom stereocenters. The molecule has 1 heteroatoms. The monoisotopic (exact) mass is 513 g/mol. The van der Waals surface area contributed by atoms with Crippen molar-refractivity contribution in [1.82, 2.24) is 0 Å². The van der Waals surface area contributed by atoms with E-state index in [1.54, 1.807) is 0 Å². The molecule has 200 valence electrons. The average Bonchev–Trinajstić information content (AvgIpc) is 2.96. The van der Waals surface area contributed by atoms with Gasteiger partial charge in [0.1, 0.15) is 0 Å². The number of anilines is 1. The van der Waals surface area contributed by atoms with E-state index in [0.717, 1.165) is 31.4 Å². The molecule has 0 aliphatic heterocycles. The van der Waals surface area contributed by atoms with Crippen molar-refractivity contribution < 1.29 is 0 Å². The van der Waals surface area contributed by atoms with Crippen LogP contribution in [0.1, 0.15) is 78.1 Å². The molecule has 0 saturated carbocycles. The topological polar surface area (TPSA) is 12.0 Å². The van der Waals surface area contributed by atoms with Gasteiger partial charge in [-0.15, -0.1) is 6.42 Å². The summed E-state index contributed by atoms with van der Waals surface area (Å²) in [5.74, 6) is 2.94. The Balaban J connectivity index is 1.77. The van der Waals surface area contributed by atoms with Gasteiger partial charge in [0.05, 0.1) is 0 Å². The maximum atomic E-state index is 5.91. The third-order valence-corrected chi connectivity index (χ3v) is 8.54. The maximum absolute atomic E-state index is 5.91. The van der Waals surface area contributed by atoms with Gasteiger partial charge >= 0.3 is 0 Å². The zero-order valence-electron chi connectivity index (χ0n) is 24.9. The Morgan fingerprint density at radius 2 is 1.59 bits per heavy atom. The highest BCUT2D eigenvalue weighted by molar-refractivity contribution is 5.94. The van der Waals surface area contributed by atoms with E-state index in [4.69, 9.17) is 6.42 Å². The standard InChI is InChI=1S/C38H43N/c1-9-13-19-33-27(7)34(23-22-29(33)10-2)37-25(5)26(6)38(28(8)32(37)12-4)39-24-30(11-3)35-21-16-18-31-17-14-15-20-36(31)35/h2,11,14-18,20-23,39H,9,12-13,19,24H2,1,3-8H3/b30-11+. The third-order valence-electron chi connectivity index (χ3n) is 8.54. The van der Waals surface area contributed by atoms with Crippen LogP contribution in [0, 0.1) is 40.0 Å². The van der Waals surface area contributed by atoms with Crippen LogP contribution in [0.4, 0.5) is 5.69 Å². The van der Waals surface area contributed by atoms with E-state index in [0.29, 0.717) is 0 Å². The molecule has 4 aromatic rings. The first-order valence-corrected chi connectivity index (χ1v) is 14.5. The van der Waals surface area contributed by atoms with Gasteiger partial charge in [0, 0.05) is 17.8 Å².